The highest BCUT2D eigenvalue weighted by molar-refractivity contribution is 7.91. The Morgan fingerprint density at radius 1 is 1.30 bits per heavy atom. The van der Waals surface area contributed by atoms with E-state index >= 15 is 0 Å². The van der Waals surface area contributed by atoms with E-state index in [4.69, 9.17) is 4.74 Å². The van der Waals surface area contributed by atoms with Crippen LogP contribution >= 0.6 is 11.3 Å². The lowest BCUT2D eigenvalue weighted by Gasteiger charge is -2.16. The van der Waals surface area contributed by atoms with E-state index in [1.807, 2.05) is 0 Å². The number of halogens is 2. The number of ether oxygens (including phenoxy) is 2. The lowest BCUT2D eigenvalue weighted by atomic mass is 10.2. The van der Waals surface area contributed by atoms with Gasteiger partial charge in [0.05, 0.1) is 13.7 Å². The number of nitrogens with zero attached hydrogens (tertiary/aromatic N) is 1. The van der Waals surface area contributed by atoms with E-state index in [0.717, 1.165) is 15.6 Å². The summed E-state index contributed by atoms with van der Waals surface area (Å²) < 4.78 is 59.6. The number of rotatable bonds is 9. The second kappa shape index (κ2) is 9.11. The first-order chi connectivity index (χ1) is 12.7. The van der Waals surface area contributed by atoms with Gasteiger partial charge in [0.15, 0.2) is 11.5 Å². The van der Waals surface area contributed by atoms with E-state index in [0.29, 0.717) is 5.56 Å². The number of carbonyl (C=O) groups excluding carboxylic acids is 1. The summed E-state index contributed by atoms with van der Waals surface area (Å²) in [5.74, 6) is -0.534. The molecule has 0 atom stereocenters. The molecule has 2 rings (SSSR count). The number of thiophene rings is 1. The minimum atomic E-state index is -3.72. The smallest absolute Gasteiger partial charge is 0.387 e. The van der Waals surface area contributed by atoms with Crippen molar-refractivity contribution in [2.75, 3.05) is 20.7 Å². The number of likely N-dealkylation sites (N-methyl/N-ethyl adjacent to an activating group) is 1. The first-order valence-electron chi connectivity index (χ1n) is 7.62. The van der Waals surface area contributed by atoms with E-state index in [2.05, 4.69) is 10.1 Å². The van der Waals surface area contributed by atoms with Gasteiger partial charge in [0, 0.05) is 13.6 Å². The Morgan fingerprint density at radius 2 is 2.04 bits per heavy atom. The van der Waals surface area contributed by atoms with Gasteiger partial charge in [-0.3, -0.25) is 4.79 Å². The van der Waals surface area contributed by atoms with E-state index in [-0.39, 0.29) is 28.8 Å². The molecule has 7 nitrogen and oxygen atoms in total. The van der Waals surface area contributed by atoms with Crippen LogP contribution < -0.4 is 14.8 Å². The maximum atomic E-state index is 12.3. The Bertz CT molecular complexity index is 873. The molecule has 0 saturated heterocycles. The summed E-state index contributed by atoms with van der Waals surface area (Å²) in [5, 5.41) is 4.21. The molecule has 2 aromatic rings. The zero-order valence-electron chi connectivity index (χ0n) is 14.5. The van der Waals surface area contributed by atoms with Crippen molar-refractivity contribution in [3.8, 4) is 11.5 Å². The Labute approximate surface area is 159 Å². The number of carbonyl (C=O) groups is 1. The van der Waals surface area contributed by atoms with Gasteiger partial charge in [0.25, 0.3) is 10.0 Å². The van der Waals surface area contributed by atoms with Crippen molar-refractivity contribution in [1.29, 1.82) is 0 Å². The van der Waals surface area contributed by atoms with Crippen molar-refractivity contribution in [3.63, 3.8) is 0 Å². The van der Waals surface area contributed by atoms with Crippen LogP contribution in [0.15, 0.2) is 39.9 Å². The number of alkyl halides is 2. The number of amides is 1. The predicted octanol–water partition coefficient (Wildman–Crippen LogP) is 2.29. The minimum Gasteiger partial charge on any atom is -0.493 e. The summed E-state index contributed by atoms with van der Waals surface area (Å²) >= 11 is 1.06. The predicted molar refractivity (Wildman–Crippen MR) is 95.6 cm³/mol. The molecule has 1 amide bonds. The first kappa shape index (κ1) is 21.1. The monoisotopic (exact) mass is 420 g/mol. The average molecular weight is 420 g/mol. The molecule has 1 aromatic carbocycles. The second-order valence-electron chi connectivity index (χ2n) is 5.33. The van der Waals surface area contributed by atoms with Crippen molar-refractivity contribution < 1.29 is 31.5 Å². The van der Waals surface area contributed by atoms with Crippen LogP contribution in [0.1, 0.15) is 5.56 Å². The van der Waals surface area contributed by atoms with Crippen LogP contribution in [0.2, 0.25) is 0 Å². The largest absolute Gasteiger partial charge is 0.493 e. The standard InChI is InChI=1S/C16H18F2N2O5S2/c1-20(27(22,23)15-4-3-7-26-15)10-14(21)19-9-11-5-6-12(25-16(17)18)13(8-11)24-2/h3-8,16H,9-10H2,1-2H3,(H,19,21). The molecule has 0 saturated carbocycles. The highest BCUT2D eigenvalue weighted by atomic mass is 32.2. The summed E-state index contributed by atoms with van der Waals surface area (Å²) in [4.78, 5) is 12.0. The van der Waals surface area contributed by atoms with Gasteiger partial charge in [-0.15, -0.1) is 11.3 Å². The summed E-state index contributed by atoms with van der Waals surface area (Å²) in [7, 11) is -1.10. The van der Waals surface area contributed by atoms with Crippen LogP contribution in [0.3, 0.4) is 0 Å². The van der Waals surface area contributed by atoms with E-state index < -0.39 is 22.5 Å². The molecule has 27 heavy (non-hydrogen) atoms. The van der Waals surface area contributed by atoms with E-state index in [1.165, 1.54) is 38.4 Å². The third-order valence-electron chi connectivity index (χ3n) is 3.46. The van der Waals surface area contributed by atoms with Crippen molar-refractivity contribution in [2.24, 2.45) is 0 Å². The normalized spacial score (nSPS) is 11.6. The molecule has 0 radical (unpaired) electrons. The van der Waals surface area contributed by atoms with Crippen LogP contribution in [0.4, 0.5) is 8.78 Å². The van der Waals surface area contributed by atoms with E-state index in [1.54, 1.807) is 11.4 Å². The summed E-state index contributed by atoms with van der Waals surface area (Å²) in [6, 6.07) is 7.32. The molecule has 11 heteroatoms. The molecule has 0 fully saturated rings. The Balaban J connectivity index is 1.95. The van der Waals surface area contributed by atoms with Crippen LogP contribution in [-0.2, 0) is 21.4 Å². The van der Waals surface area contributed by atoms with Crippen molar-refractivity contribution in [2.45, 2.75) is 17.4 Å². The number of hydrogen-bond acceptors (Lipinski definition) is 6. The van der Waals surface area contributed by atoms with Crippen molar-refractivity contribution >= 4 is 27.3 Å². The second-order valence-corrected chi connectivity index (χ2v) is 8.55. The van der Waals surface area contributed by atoms with Crippen LogP contribution in [0.5, 0.6) is 11.5 Å². The first-order valence-corrected chi connectivity index (χ1v) is 9.94. The van der Waals surface area contributed by atoms with Gasteiger partial charge in [-0.25, -0.2) is 8.42 Å². The molecule has 1 N–H and O–H groups in total. The maximum Gasteiger partial charge on any atom is 0.387 e. The molecule has 148 valence electrons. The molecule has 1 aromatic heterocycles. The molecule has 1 heterocycles. The number of benzene rings is 1. The number of sulfonamides is 1. The molecule has 0 aliphatic rings. The summed E-state index contributed by atoms with van der Waals surface area (Å²) in [6.07, 6.45) is 0. The number of nitrogens with one attached hydrogen (secondary N) is 1. The van der Waals surface area contributed by atoms with Gasteiger partial charge < -0.3 is 14.8 Å². The topological polar surface area (TPSA) is 84.9 Å². The zero-order valence-corrected chi connectivity index (χ0v) is 16.1. The molecule has 0 aliphatic heterocycles. The maximum absolute atomic E-state index is 12.3. The number of hydrogen-bond donors (Lipinski definition) is 1. The highest BCUT2D eigenvalue weighted by Gasteiger charge is 2.23. The fraction of sp³-hybridized carbons (Fsp3) is 0.312. The summed E-state index contributed by atoms with van der Waals surface area (Å²) in [5.41, 5.74) is 0.575. The lowest BCUT2D eigenvalue weighted by Crippen LogP contribution is -2.37. The van der Waals surface area contributed by atoms with Crippen molar-refractivity contribution in [3.05, 3.63) is 41.3 Å². The lowest BCUT2D eigenvalue weighted by molar-refractivity contribution is -0.121. The van der Waals surface area contributed by atoms with Gasteiger partial charge in [0.1, 0.15) is 4.21 Å². The van der Waals surface area contributed by atoms with Gasteiger partial charge in [0.2, 0.25) is 5.91 Å². The molecular weight excluding hydrogens is 402 g/mol. The average Bonchev–Trinajstić information content (AvgIpc) is 3.15. The fourth-order valence-electron chi connectivity index (χ4n) is 2.12. The van der Waals surface area contributed by atoms with E-state index in [9.17, 15) is 22.0 Å². The molecule has 0 unspecified atom stereocenters. The quantitative estimate of drug-likeness (QED) is 0.673. The Hall–Kier alpha value is -2.24. The van der Waals surface area contributed by atoms with Gasteiger partial charge >= 0.3 is 6.61 Å². The molecular formula is C16H18F2N2O5S2. The highest BCUT2D eigenvalue weighted by Crippen LogP contribution is 2.29. The van der Waals surface area contributed by atoms with Gasteiger partial charge in [-0.2, -0.15) is 13.1 Å². The summed E-state index contributed by atoms with van der Waals surface area (Å²) in [6.45, 7) is -3.27. The fourth-order valence-corrected chi connectivity index (χ4v) is 4.45. The van der Waals surface area contributed by atoms with Gasteiger partial charge in [-0.1, -0.05) is 12.1 Å². The Kier molecular flexibility index (Phi) is 7.11. The third-order valence-corrected chi connectivity index (χ3v) is 6.64. The molecule has 0 aliphatic carbocycles. The molecule has 0 bridgehead atoms. The zero-order chi connectivity index (χ0) is 20.0. The Morgan fingerprint density at radius 3 is 2.63 bits per heavy atom. The minimum absolute atomic E-state index is 0.0665. The van der Waals surface area contributed by atoms with Crippen molar-refractivity contribution in [1.82, 2.24) is 9.62 Å². The van der Waals surface area contributed by atoms with Gasteiger partial charge in [-0.05, 0) is 29.1 Å². The third kappa shape index (κ3) is 5.62. The van der Waals surface area contributed by atoms with Crippen LogP contribution in [0.25, 0.3) is 0 Å². The van der Waals surface area contributed by atoms with Crippen LogP contribution in [-0.4, -0.2) is 45.9 Å². The molecule has 0 spiro atoms. The van der Waals surface area contributed by atoms with Crippen LogP contribution in [0, 0.1) is 0 Å². The SMILES string of the molecule is COc1cc(CNC(=O)CN(C)S(=O)(=O)c2cccs2)ccc1OC(F)F. The number of methoxy groups -OCH3 is 1.